The van der Waals surface area contributed by atoms with E-state index < -0.39 is 29.3 Å². The van der Waals surface area contributed by atoms with Gasteiger partial charge in [0, 0.05) is 31.1 Å². The van der Waals surface area contributed by atoms with Crippen LogP contribution in [0.25, 0.3) is 0 Å². The summed E-state index contributed by atoms with van der Waals surface area (Å²) in [4.78, 5) is 38.3. The number of hydrogen-bond acceptors (Lipinski definition) is 7. The van der Waals surface area contributed by atoms with E-state index in [0.29, 0.717) is 38.5 Å². The van der Waals surface area contributed by atoms with Crippen molar-refractivity contribution in [3.63, 3.8) is 0 Å². The van der Waals surface area contributed by atoms with Crippen LogP contribution in [0.3, 0.4) is 0 Å². The zero-order chi connectivity index (χ0) is 26.0. The van der Waals surface area contributed by atoms with E-state index >= 15 is 0 Å². The molecule has 3 rings (SSSR count). The van der Waals surface area contributed by atoms with E-state index in [0.717, 1.165) is 18.4 Å². The molecule has 1 aliphatic carbocycles. The van der Waals surface area contributed by atoms with E-state index in [1.165, 1.54) is 0 Å². The summed E-state index contributed by atoms with van der Waals surface area (Å²) < 4.78 is 18.3. The Morgan fingerprint density at radius 1 is 1.17 bits per heavy atom. The standard InChI is InChI=1S/C28H44O7/c1-7-9-22(30)33-16-18(4)19-12-11-17(3)24-20(29)15-27(5,32)21-13-14-28(6,26(34-21)25(19)24)35-23(31)10-8-2/h18-19,21,24-26,32H,3,7-16H2,1-2,4-6H3/t18-,19+,21+,24+,25+,26+,27-,28+/m0/s1. The molecule has 0 aromatic carbocycles. The van der Waals surface area contributed by atoms with Crippen molar-refractivity contribution in [2.24, 2.45) is 23.7 Å². The smallest absolute Gasteiger partial charge is 0.306 e. The number of Topliss-reactive ketones (excluding diaryl/α,β-unsaturated/α-hetero) is 1. The third kappa shape index (κ3) is 5.99. The number of rotatable bonds is 8. The highest BCUT2D eigenvalue weighted by molar-refractivity contribution is 5.85. The number of ether oxygens (including phenoxy) is 3. The molecule has 0 amide bonds. The summed E-state index contributed by atoms with van der Waals surface area (Å²) in [5, 5.41) is 11.2. The number of carbonyl (C=O) groups is 3. The Morgan fingerprint density at radius 3 is 2.49 bits per heavy atom. The Morgan fingerprint density at radius 2 is 1.83 bits per heavy atom. The molecule has 2 bridgehead atoms. The molecular formula is C28H44O7. The minimum atomic E-state index is -1.30. The summed E-state index contributed by atoms with van der Waals surface area (Å²) in [6.45, 7) is 14.0. The second kappa shape index (κ2) is 11.1. The molecule has 35 heavy (non-hydrogen) atoms. The molecule has 0 unspecified atom stereocenters. The molecule has 7 heteroatoms. The first-order valence-corrected chi connectivity index (χ1v) is 13.4. The normalized spacial score (nSPS) is 38.1. The van der Waals surface area contributed by atoms with Crippen LogP contribution in [-0.4, -0.2) is 52.8 Å². The molecule has 2 heterocycles. The molecule has 8 atom stereocenters. The van der Waals surface area contributed by atoms with Crippen LogP contribution in [0, 0.1) is 23.7 Å². The lowest BCUT2D eigenvalue weighted by Crippen LogP contribution is -2.64. The van der Waals surface area contributed by atoms with Gasteiger partial charge in [-0.15, -0.1) is 0 Å². The van der Waals surface area contributed by atoms with E-state index in [9.17, 15) is 19.5 Å². The lowest BCUT2D eigenvalue weighted by molar-refractivity contribution is -0.256. The Kier molecular flexibility index (Phi) is 8.85. The van der Waals surface area contributed by atoms with Gasteiger partial charge < -0.3 is 19.3 Å². The third-order valence-corrected chi connectivity index (χ3v) is 8.35. The quantitative estimate of drug-likeness (QED) is 0.392. The number of carbonyl (C=O) groups excluding carboxylic acids is 3. The van der Waals surface area contributed by atoms with Crippen molar-refractivity contribution >= 4 is 17.7 Å². The van der Waals surface area contributed by atoms with Crippen LogP contribution < -0.4 is 0 Å². The first-order valence-electron chi connectivity index (χ1n) is 13.4. The molecule has 2 saturated heterocycles. The van der Waals surface area contributed by atoms with Crippen LogP contribution in [0.2, 0.25) is 0 Å². The highest BCUT2D eigenvalue weighted by Crippen LogP contribution is 2.53. The Balaban J connectivity index is 1.99. The number of ketones is 1. The number of allylic oxidation sites excluding steroid dienone is 1. The molecule has 1 saturated carbocycles. The van der Waals surface area contributed by atoms with Gasteiger partial charge in [0.15, 0.2) is 0 Å². The number of fused-ring (bicyclic) bond motifs is 4. The van der Waals surface area contributed by atoms with Gasteiger partial charge in [-0.25, -0.2) is 0 Å². The van der Waals surface area contributed by atoms with Crippen LogP contribution >= 0.6 is 0 Å². The molecule has 198 valence electrons. The maximum atomic E-state index is 13.6. The van der Waals surface area contributed by atoms with Crippen LogP contribution in [-0.2, 0) is 28.6 Å². The van der Waals surface area contributed by atoms with Crippen LogP contribution in [0.15, 0.2) is 12.2 Å². The van der Waals surface area contributed by atoms with E-state index in [2.05, 4.69) is 13.5 Å². The van der Waals surface area contributed by atoms with Gasteiger partial charge in [-0.05, 0) is 64.2 Å². The average molecular weight is 493 g/mol. The average Bonchev–Trinajstić information content (AvgIpc) is 2.76. The van der Waals surface area contributed by atoms with Crippen molar-refractivity contribution in [2.45, 2.75) is 116 Å². The molecule has 1 N–H and O–H groups in total. The van der Waals surface area contributed by atoms with Crippen LogP contribution in [0.5, 0.6) is 0 Å². The minimum absolute atomic E-state index is 0.00347. The molecule has 7 nitrogen and oxygen atoms in total. The molecule has 3 aliphatic rings. The van der Waals surface area contributed by atoms with E-state index in [4.69, 9.17) is 14.2 Å². The molecule has 0 radical (unpaired) electrons. The van der Waals surface area contributed by atoms with Gasteiger partial charge in [0.1, 0.15) is 17.5 Å². The molecule has 0 aromatic rings. The van der Waals surface area contributed by atoms with Crippen molar-refractivity contribution in [3.8, 4) is 0 Å². The maximum absolute atomic E-state index is 13.6. The zero-order valence-electron chi connectivity index (χ0n) is 22.1. The largest absolute Gasteiger partial charge is 0.465 e. The fraction of sp³-hybridized carbons (Fsp3) is 0.821. The maximum Gasteiger partial charge on any atom is 0.306 e. The lowest BCUT2D eigenvalue weighted by atomic mass is 9.57. The van der Waals surface area contributed by atoms with Gasteiger partial charge in [-0.2, -0.15) is 0 Å². The summed E-state index contributed by atoms with van der Waals surface area (Å²) in [5.41, 5.74) is -1.38. The Hall–Kier alpha value is -1.73. The van der Waals surface area contributed by atoms with Gasteiger partial charge in [0.25, 0.3) is 0 Å². The lowest BCUT2D eigenvalue weighted by Gasteiger charge is -2.56. The number of hydrogen-bond donors (Lipinski definition) is 1. The fourth-order valence-electron chi connectivity index (χ4n) is 6.45. The van der Waals surface area contributed by atoms with Crippen molar-refractivity contribution in [1.82, 2.24) is 0 Å². The van der Waals surface area contributed by atoms with Crippen LogP contribution in [0.1, 0.15) is 92.4 Å². The molecule has 3 fully saturated rings. The Labute approximate surface area is 210 Å². The van der Waals surface area contributed by atoms with Crippen molar-refractivity contribution in [1.29, 1.82) is 0 Å². The summed E-state index contributed by atoms with van der Waals surface area (Å²) in [6, 6.07) is 0. The van der Waals surface area contributed by atoms with Crippen molar-refractivity contribution < 1.29 is 33.7 Å². The van der Waals surface area contributed by atoms with Gasteiger partial charge in [0.05, 0.1) is 18.3 Å². The van der Waals surface area contributed by atoms with Gasteiger partial charge in [0.2, 0.25) is 0 Å². The number of esters is 2. The predicted octanol–water partition coefficient (Wildman–Crippen LogP) is 4.54. The predicted molar refractivity (Wildman–Crippen MR) is 131 cm³/mol. The highest BCUT2D eigenvalue weighted by Gasteiger charge is 2.59. The van der Waals surface area contributed by atoms with Gasteiger partial charge in [-0.3, -0.25) is 14.4 Å². The van der Waals surface area contributed by atoms with E-state index in [1.54, 1.807) is 6.92 Å². The summed E-state index contributed by atoms with van der Waals surface area (Å²) in [5.74, 6) is -1.30. The first-order chi connectivity index (χ1) is 16.4. The van der Waals surface area contributed by atoms with Crippen molar-refractivity contribution in [2.75, 3.05) is 6.61 Å². The third-order valence-electron chi connectivity index (χ3n) is 8.35. The summed E-state index contributed by atoms with van der Waals surface area (Å²) in [6.07, 6.45) is 3.55. The molecule has 2 aliphatic heterocycles. The fourth-order valence-corrected chi connectivity index (χ4v) is 6.45. The Bertz CT molecular complexity index is 818. The van der Waals surface area contributed by atoms with E-state index in [1.807, 2.05) is 20.8 Å². The summed E-state index contributed by atoms with van der Waals surface area (Å²) in [7, 11) is 0. The first kappa shape index (κ1) is 27.9. The van der Waals surface area contributed by atoms with Crippen molar-refractivity contribution in [3.05, 3.63) is 12.2 Å². The van der Waals surface area contributed by atoms with Crippen LogP contribution in [0.4, 0.5) is 0 Å². The topological polar surface area (TPSA) is 99.1 Å². The second-order valence-corrected chi connectivity index (χ2v) is 11.4. The monoisotopic (exact) mass is 492 g/mol. The number of aliphatic hydroxyl groups is 1. The highest BCUT2D eigenvalue weighted by atomic mass is 16.6. The van der Waals surface area contributed by atoms with Gasteiger partial charge in [-0.1, -0.05) is 32.9 Å². The molecule has 0 spiro atoms. The van der Waals surface area contributed by atoms with Gasteiger partial charge >= 0.3 is 11.9 Å². The second-order valence-electron chi connectivity index (χ2n) is 11.4. The molecule has 0 aromatic heterocycles. The molecular weight excluding hydrogens is 448 g/mol. The minimum Gasteiger partial charge on any atom is -0.465 e. The van der Waals surface area contributed by atoms with E-state index in [-0.39, 0.29) is 48.5 Å². The summed E-state index contributed by atoms with van der Waals surface area (Å²) >= 11 is 0. The SMILES string of the molecule is C=C1CC[C@H]([C@@H](C)COC(=O)CCC)[C@@H]2[C@H]1C(=O)C[C@](C)(O)[C@H]1CC[C@@](C)(OC(=O)CCC)[C@@H]2O1. The zero-order valence-corrected chi connectivity index (χ0v) is 22.1.